The van der Waals surface area contributed by atoms with Gasteiger partial charge in [0.2, 0.25) is 5.76 Å². The Bertz CT molecular complexity index is 273. The van der Waals surface area contributed by atoms with Crippen LogP contribution in [0.15, 0.2) is 17.2 Å². The average molecular weight is 152 g/mol. The Balaban J connectivity index is 2.99. The molecule has 0 radical (unpaired) electrons. The number of allylic oxidation sites excluding steroid dienone is 1. The van der Waals surface area contributed by atoms with Crippen LogP contribution in [0.25, 0.3) is 5.57 Å². The summed E-state index contributed by atoms with van der Waals surface area (Å²) in [6.45, 7) is 5.39. The van der Waals surface area contributed by atoms with Crippen LogP contribution in [-0.4, -0.2) is 11.1 Å². The molecule has 0 fully saturated rings. The Kier molecular flexibility index (Phi) is 1.76. The minimum absolute atomic E-state index is 0.0583. The summed E-state index contributed by atoms with van der Waals surface area (Å²) in [5.74, 6) is -0.562. The molecule has 0 aromatic carbocycles. The Morgan fingerprint density at radius 2 is 2.45 bits per heavy atom. The maximum atomic E-state index is 10.5. The number of hydrogen-bond donors (Lipinski definition) is 1. The highest BCUT2D eigenvalue weighted by Gasteiger charge is 2.08. The van der Waals surface area contributed by atoms with Crippen LogP contribution in [-0.2, 0) is 0 Å². The number of carbonyl (C=O) groups is 1. The van der Waals surface area contributed by atoms with Gasteiger partial charge < -0.3 is 10.3 Å². The number of carbonyl (C=O) groups excluding carboxylic acids is 1. The van der Waals surface area contributed by atoms with Crippen molar-refractivity contribution >= 4 is 11.5 Å². The third-order valence-corrected chi connectivity index (χ3v) is 1.19. The molecule has 4 heteroatoms. The first-order valence-corrected chi connectivity index (χ1v) is 3.03. The maximum absolute atomic E-state index is 10.5. The molecule has 0 aliphatic heterocycles. The molecule has 1 amide bonds. The van der Waals surface area contributed by atoms with Gasteiger partial charge in [-0.05, 0) is 12.5 Å². The van der Waals surface area contributed by atoms with Gasteiger partial charge in [-0.25, -0.2) is 0 Å². The van der Waals surface area contributed by atoms with E-state index in [1.54, 1.807) is 6.92 Å². The fraction of sp³-hybridized carbons (Fsp3) is 0.143. The maximum Gasteiger partial charge on any atom is 0.287 e. The predicted molar refractivity (Wildman–Crippen MR) is 39.7 cm³/mol. The van der Waals surface area contributed by atoms with E-state index < -0.39 is 5.91 Å². The molecule has 0 aliphatic carbocycles. The lowest BCUT2D eigenvalue weighted by atomic mass is 10.2. The first-order valence-electron chi connectivity index (χ1n) is 3.03. The largest absolute Gasteiger partial charge is 0.363 e. The number of nitrogens with zero attached hydrogens (tertiary/aromatic N) is 1. The first-order chi connectivity index (χ1) is 5.11. The summed E-state index contributed by atoms with van der Waals surface area (Å²) in [6, 6.07) is 1.46. The van der Waals surface area contributed by atoms with Crippen LogP contribution in [0.2, 0.25) is 0 Å². The van der Waals surface area contributed by atoms with Gasteiger partial charge in [0.1, 0.15) is 5.69 Å². The summed E-state index contributed by atoms with van der Waals surface area (Å²) < 4.78 is 4.60. The highest BCUT2D eigenvalue weighted by molar-refractivity contribution is 5.90. The molecular formula is C7H8N2O2. The molecule has 58 valence electrons. The Hall–Kier alpha value is -1.58. The summed E-state index contributed by atoms with van der Waals surface area (Å²) in [5.41, 5.74) is 6.22. The molecule has 0 saturated heterocycles. The van der Waals surface area contributed by atoms with Crippen LogP contribution in [0.5, 0.6) is 0 Å². The van der Waals surface area contributed by atoms with E-state index in [-0.39, 0.29) is 5.76 Å². The molecule has 11 heavy (non-hydrogen) atoms. The van der Waals surface area contributed by atoms with E-state index in [0.717, 1.165) is 5.57 Å². The number of nitrogens with two attached hydrogens (primary N) is 1. The number of primary amides is 1. The third kappa shape index (κ3) is 1.46. The third-order valence-electron chi connectivity index (χ3n) is 1.19. The van der Waals surface area contributed by atoms with Crippen molar-refractivity contribution in [1.82, 2.24) is 5.16 Å². The van der Waals surface area contributed by atoms with Crippen molar-refractivity contribution in [3.8, 4) is 0 Å². The van der Waals surface area contributed by atoms with Crippen LogP contribution in [0.1, 0.15) is 23.2 Å². The van der Waals surface area contributed by atoms with E-state index in [9.17, 15) is 4.79 Å². The molecule has 2 N–H and O–H groups in total. The van der Waals surface area contributed by atoms with Gasteiger partial charge in [-0.15, -0.1) is 0 Å². The molecule has 0 aliphatic rings. The highest BCUT2D eigenvalue weighted by atomic mass is 16.5. The van der Waals surface area contributed by atoms with Crippen LogP contribution >= 0.6 is 0 Å². The monoisotopic (exact) mass is 152 g/mol. The highest BCUT2D eigenvalue weighted by Crippen LogP contribution is 2.10. The molecule has 4 nitrogen and oxygen atoms in total. The van der Waals surface area contributed by atoms with E-state index in [1.165, 1.54) is 6.07 Å². The molecular weight excluding hydrogens is 144 g/mol. The number of aromatic nitrogens is 1. The second-order valence-corrected chi connectivity index (χ2v) is 2.22. The quantitative estimate of drug-likeness (QED) is 0.681. The zero-order valence-corrected chi connectivity index (χ0v) is 6.13. The summed E-state index contributed by atoms with van der Waals surface area (Å²) >= 11 is 0. The average Bonchev–Trinajstić information content (AvgIpc) is 2.33. The molecule has 0 atom stereocenters. The van der Waals surface area contributed by atoms with Crippen molar-refractivity contribution in [2.24, 2.45) is 5.73 Å². The van der Waals surface area contributed by atoms with Gasteiger partial charge in [-0.1, -0.05) is 11.7 Å². The second-order valence-electron chi connectivity index (χ2n) is 2.22. The van der Waals surface area contributed by atoms with Crippen LogP contribution in [0.3, 0.4) is 0 Å². The molecule has 1 aromatic rings. The van der Waals surface area contributed by atoms with Crippen molar-refractivity contribution in [1.29, 1.82) is 0 Å². The molecule has 0 spiro atoms. The smallest absolute Gasteiger partial charge is 0.287 e. The van der Waals surface area contributed by atoms with Crippen molar-refractivity contribution < 1.29 is 9.32 Å². The summed E-state index contributed by atoms with van der Waals surface area (Å²) in [7, 11) is 0. The fourth-order valence-electron chi connectivity index (χ4n) is 0.592. The minimum Gasteiger partial charge on any atom is -0.363 e. The van der Waals surface area contributed by atoms with Gasteiger partial charge in [0.25, 0.3) is 5.91 Å². The topological polar surface area (TPSA) is 69.1 Å². The van der Waals surface area contributed by atoms with Crippen molar-refractivity contribution in [3.05, 3.63) is 24.1 Å². The van der Waals surface area contributed by atoms with Gasteiger partial charge in [-0.3, -0.25) is 4.79 Å². The van der Waals surface area contributed by atoms with Gasteiger partial charge in [0, 0.05) is 6.07 Å². The SMILES string of the molecule is C=C(C)c1cc(C(N)=O)on1. The minimum atomic E-state index is -0.620. The molecule has 0 bridgehead atoms. The Morgan fingerprint density at radius 1 is 1.82 bits per heavy atom. The van der Waals surface area contributed by atoms with Crippen LogP contribution in [0.4, 0.5) is 0 Å². The number of rotatable bonds is 2. The van der Waals surface area contributed by atoms with Crippen molar-refractivity contribution in [3.63, 3.8) is 0 Å². The van der Waals surface area contributed by atoms with Gasteiger partial charge in [-0.2, -0.15) is 0 Å². The lowest BCUT2D eigenvalue weighted by Gasteiger charge is -1.83. The summed E-state index contributed by atoms with van der Waals surface area (Å²) in [6.07, 6.45) is 0. The van der Waals surface area contributed by atoms with Crippen LogP contribution < -0.4 is 5.73 Å². The zero-order chi connectivity index (χ0) is 8.43. The standard InChI is InChI=1S/C7H8N2O2/c1-4(2)5-3-6(7(8)10)11-9-5/h3H,1H2,2H3,(H2,8,10). The summed E-state index contributed by atoms with van der Waals surface area (Å²) in [4.78, 5) is 10.5. The van der Waals surface area contributed by atoms with Gasteiger partial charge in [0.15, 0.2) is 0 Å². The molecule has 0 saturated carbocycles. The van der Waals surface area contributed by atoms with E-state index in [0.29, 0.717) is 5.69 Å². The predicted octanol–water partition coefficient (Wildman–Crippen LogP) is 0.807. The Morgan fingerprint density at radius 3 is 2.73 bits per heavy atom. The van der Waals surface area contributed by atoms with Gasteiger partial charge in [0.05, 0.1) is 0 Å². The lowest BCUT2D eigenvalue weighted by molar-refractivity contribution is 0.0965. The van der Waals surface area contributed by atoms with E-state index in [2.05, 4.69) is 16.3 Å². The van der Waals surface area contributed by atoms with Crippen LogP contribution in [0, 0.1) is 0 Å². The first kappa shape index (κ1) is 7.53. The summed E-state index contributed by atoms with van der Waals surface area (Å²) in [5, 5.41) is 3.56. The molecule has 1 heterocycles. The van der Waals surface area contributed by atoms with E-state index in [1.807, 2.05) is 0 Å². The molecule has 0 unspecified atom stereocenters. The number of hydrogen-bond acceptors (Lipinski definition) is 3. The van der Waals surface area contributed by atoms with Crippen molar-refractivity contribution in [2.45, 2.75) is 6.92 Å². The molecule has 1 rings (SSSR count). The number of amides is 1. The Labute approximate surface area is 63.7 Å². The normalized spacial score (nSPS) is 9.55. The zero-order valence-electron chi connectivity index (χ0n) is 6.13. The fourth-order valence-corrected chi connectivity index (χ4v) is 0.592. The second kappa shape index (κ2) is 2.57. The van der Waals surface area contributed by atoms with Gasteiger partial charge >= 0.3 is 0 Å². The van der Waals surface area contributed by atoms with E-state index >= 15 is 0 Å². The van der Waals surface area contributed by atoms with E-state index in [4.69, 9.17) is 5.73 Å². The van der Waals surface area contributed by atoms with Crippen molar-refractivity contribution in [2.75, 3.05) is 0 Å². The molecule has 1 aromatic heterocycles. The lowest BCUT2D eigenvalue weighted by Crippen LogP contribution is -2.09.